The molecule has 1 aliphatic rings. The van der Waals surface area contributed by atoms with Crippen LogP contribution in [-0.4, -0.2) is 62.2 Å². The predicted molar refractivity (Wildman–Crippen MR) is 190 cm³/mol. The SMILES string of the molecule is C=CC(=O)OCCCC(=O)OCCc1ccc(OC(=O)C2CCC(C(=O)Oc3ccc(CCOC(=O)CCCOC(=O)C=C)cc3Cl)CC2)c(Cl)c1. The molecule has 0 amide bonds. The molecule has 280 valence electrons. The van der Waals surface area contributed by atoms with Crippen molar-refractivity contribution in [2.45, 2.75) is 64.2 Å². The molecule has 0 heterocycles. The molecule has 1 fully saturated rings. The van der Waals surface area contributed by atoms with E-state index in [-0.39, 0.29) is 60.8 Å². The number of carbonyl (C=O) groups is 6. The predicted octanol–water partition coefficient (Wildman–Crippen LogP) is 6.50. The number of carbonyl (C=O) groups excluding carboxylic acids is 6. The van der Waals surface area contributed by atoms with Gasteiger partial charge in [0.1, 0.15) is 11.5 Å². The molecule has 1 saturated carbocycles. The Morgan fingerprint density at radius 2 is 0.981 bits per heavy atom. The Bertz CT molecular complexity index is 1480. The first kappa shape index (κ1) is 41.7. The summed E-state index contributed by atoms with van der Waals surface area (Å²) in [6.45, 7) is 7.05. The van der Waals surface area contributed by atoms with Crippen molar-refractivity contribution < 1.29 is 57.2 Å². The highest BCUT2D eigenvalue weighted by molar-refractivity contribution is 6.32. The lowest BCUT2D eigenvalue weighted by Crippen LogP contribution is -2.30. The van der Waals surface area contributed by atoms with Gasteiger partial charge in [-0.1, -0.05) is 48.5 Å². The number of halogens is 2. The van der Waals surface area contributed by atoms with E-state index in [9.17, 15) is 28.8 Å². The fourth-order valence-electron chi connectivity index (χ4n) is 5.12. The van der Waals surface area contributed by atoms with Crippen LogP contribution in [0.15, 0.2) is 61.7 Å². The van der Waals surface area contributed by atoms with Crippen LogP contribution in [-0.2, 0) is 60.6 Å². The third-order valence-corrected chi connectivity index (χ3v) is 8.58. The average Bonchev–Trinajstić information content (AvgIpc) is 3.13. The van der Waals surface area contributed by atoms with E-state index in [2.05, 4.69) is 13.2 Å². The van der Waals surface area contributed by atoms with Gasteiger partial charge in [-0.3, -0.25) is 19.2 Å². The van der Waals surface area contributed by atoms with Crippen molar-refractivity contribution in [1.29, 1.82) is 0 Å². The number of hydrogen-bond acceptors (Lipinski definition) is 12. The lowest BCUT2D eigenvalue weighted by Gasteiger charge is -2.26. The minimum absolute atomic E-state index is 0.0997. The van der Waals surface area contributed by atoms with Gasteiger partial charge in [-0.05, 0) is 73.9 Å². The van der Waals surface area contributed by atoms with Crippen LogP contribution in [0, 0.1) is 11.8 Å². The second kappa shape index (κ2) is 22.3. The molecule has 0 N–H and O–H groups in total. The fraction of sp³-hybridized carbons (Fsp3) is 0.421. The van der Waals surface area contributed by atoms with E-state index in [4.69, 9.17) is 51.6 Å². The first-order chi connectivity index (χ1) is 25.0. The van der Waals surface area contributed by atoms with Crippen LogP contribution < -0.4 is 9.47 Å². The molecule has 2 aromatic carbocycles. The second-order valence-electron chi connectivity index (χ2n) is 11.8. The normalized spacial score (nSPS) is 15.0. The first-order valence-electron chi connectivity index (χ1n) is 16.9. The summed E-state index contributed by atoms with van der Waals surface area (Å²) in [5.41, 5.74) is 1.57. The molecular weight excluding hydrogens is 719 g/mol. The third kappa shape index (κ3) is 14.9. The van der Waals surface area contributed by atoms with Crippen molar-refractivity contribution in [3.05, 3.63) is 82.9 Å². The fourth-order valence-corrected chi connectivity index (χ4v) is 5.60. The van der Waals surface area contributed by atoms with Crippen molar-refractivity contribution in [1.82, 2.24) is 0 Å². The number of esters is 6. The topological polar surface area (TPSA) is 158 Å². The molecule has 3 rings (SSSR count). The van der Waals surface area contributed by atoms with E-state index in [0.717, 1.165) is 23.3 Å². The molecule has 0 unspecified atom stereocenters. The monoisotopic (exact) mass is 760 g/mol. The van der Waals surface area contributed by atoms with Crippen molar-refractivity contribution in [2.24, 2.45) is 11.8 Å². The molecule has 0 radical (unpaired) electrons. The van der Waals surface area contributed by atoms with Crippen LogP contribution in [0.5, 0.6) is 11.5 Å². The summed E-state index contributed by atoms with van der Waals surface area (Å²) in [5, 5.41) is 0.478. The van der Waals surface area contributed by atoms with E-state index in [1.54, 1.807) is 36.4 Å². The number of hydrogen-bond donors (Lipinski definition) is 0. The average molecular weight is 762 g/mol. The van der Waals surface area contributed by atoms with Crippen molar-refractivity contribution in [3.63, 3.8) is 0 Å². The van der Waals surface area contributed by atoms with Crippen molar-refractivity contribution >= 4 is 59.0 Å². The minimum atomic E-state index is -0.547. The van der Waals surface area contributed by atoms with Gasteiger partial charge < -0.3 is 28.4 Å². The molecule has 2 aromatic rings. The smallest absolute Gasteiger partial charge is 0.330 e. The Morgan fingerprint density at radius 1 is 0.596 bits per heavy atom. The summed E-state index contributed by atoms with van der Waals surface area (Å²) in [6.07, 6.45) is 5.53. The van der Waals surface area contributed by atoms with Gasteiger partial charge in [0.25, 0.3) is 0 Å². The van der Waals surface area contributed by atoms with Crippen LogP contribution in [0.1, 0.15) is 62.5 Å². The molecule has 0 aliphatic heterocycles. The highest BCUT2D eigenvalue weighted by atomic mass is 35.5. The number of benzene rings is 2. The van der Waals surface area contributed by atoms with Crippen LogP contribution >= 0.6 is 23.2 Å². The molecule has 12 nitrogen and oxygen atoms in total. The maximum atomic E-state index is 12.9. The Morgan fingerprint density at radius 3 is 1.33 bits per heavy atom. The Hall–Kier alpha value is -4.68. The number of ether oxygens (including phenoxy) is 6. The molecule has 0 aromatic heterocycles. The Kier molecular flexibility index (Phi) is 17.9. The van der Waals surface area contributed by atoms with Gasteiger partial charge in [-0.2, -0.15) is 0 Å². The molecule has 0 atom stereocenters. The minimum Gasteiger partial charge on any atom is -0.465 e. The largest absolute Gasteiger partial charge is 0.465 e. The maximum Gasteiger partial charge on any atom is 0.330 e. The Balaban J connectivity index is 1.34. The van der Waals surface area contributed by atoms with E-state index < -0.39 is 47.7 Å². The zero-order valence-corrected chi connectivity index (χ0v) is 30.3. The Labute approximate surface area is 312 Å². The van der Waals surface area contributed by atoms with E-state index in [0.29, 0.717) is 51.4 Å². The zero-order chi connectivity index (χ0) is 37.9. The summed E-state index contributed by atoms with van der Waals surface area (Å²) in [4.78, 5) is 71.6. The van der Waals surface area contributed by atoms with Gasteiger partial charge in [-0.25, -0.2) is 9.59 Å². The summed E-state index contributed by atoms with van der Waals surface area (Å²) in [5.74, 6) is -3.20. The van der Waals surface area contributed by atoms with Crippen LogP contribution in [0.25, 0.3) is 0 Å². The highest BCUT2D eigenvalue weighted by Crippen LogP contribution is 2.34. The molecule has 14 heteroatoms. The molecule has 0 saturated heterocycles. The van der Waals surface area contributed by atoms with E-state index >= 15 is 0 Å². The summed E-state index contributed by atoms with van der Waals surface area (Å²) < 4.78 is 31.2. The van der Waals surface area contributed by atoms with Crippen LogP contribution in [0.2, 0.25) is 10.0 Å². The molecule has 0 spiro atoms. The van der Waals surface area contributed by atoms with Crippen molar-refractivity contribution in [2.75, 3.05) is 26.4 Å². The molecule has 0 bridgehead atoms. The maximum absolute atomic E-state index is 12.9. The lowest BCUT2D eigenvalue weighted by atomic mass is 9.82. The number of rotatable bonds is 20. The third-order valence-electron chi connectivity index (χ3n) is 7.99. The second-order valence-corrected chi connectivity index (χ2v) is 12.6. The quantitative estimate of drug-likeness (QED) is 0.0475. The van der Waals surface area contributed by atoms with Crippen LogP contribution in [0.3, 0.4) is 0 Å². The summed E-state index contributed by atoms with van der Waals surface area (Å²) in [6, 6.07) is 9.92. The standard InChI is InChI=1S/C38H42Cl2O12/c1-3-33(41)47-19-5-7-35(43)49-21-17-25-9-15-31(29(39)23-25)51-37(45)27-11-13-28(14-12-27)38(46)52-32-16-10-26(24-30(32)40)18-22-50-36(44)8-6-20-48-34(42)4-2/h3-4,9-10,15-16,23-24,27-28H,1-2,5-8,11-14,17-22H2. The molecule has 1 aliphatic carbocycles. The van der Waals surface area contributed by atoms with E-state index in [1.807, 2.05) is 0 Å². The van der Waals surface area contributed by atoms with Gasteiger partial charge in [-0.15, -0.1) is 0 Å². The molecular formula is C38H42Cl2O12. The summed E-state index contributed by atoms with van der Waals surface area (Å²) in [7, 11) is 0. The van der Waals surface area contributed by atoms with Gasteiger partial charge in [0, 0.05) is 37.8 Å². The van der Waals surface area contributed by atoms with Crippen LogP contribution in [0.4, 0.5) is 0 Å². The van der Waals surface area contributed by atoms with Gasteiger partial charge in [0.05, 0.1) is 48.3 Å². The van der Waals surface area contributed by atoms with Gasteiger partial charge in [0.15, 0.2) is 0 Å². The van der Waals surface area contributed by atoms with E-state index in [1.165, 1.54) is 0 Å². The van der Waals surface area contributed by atoms with Gasteiger partial charge in [0.2, 0.25) is 0 Å². The summed E-state index contributed by atoms with van der Waals surface area (Å²) >= 11 is 12.7. The van der Waals surface area contributed by atoms with Gasteiger partial charge >= 0.3 is 35.8 Å². The molecule has 52 heavy (non-hydrogen) atoms. The lowest BCUT2D eigenvalue weighted by molar-refractivity contribution is -0.145. The highest BCUT2D eigenvalue weighted by Gasteiger charge is 2.32. The van der Waals surface area contributed by atoms with Crippen molar-refractivity contribution in [3.8, 4) is 11.5 Å². The first-order valence-corrected chi connectivity index (χ1v) is 17.6. The zero-order valence-electron chi connectivity index (χ0n) is 28.7.